The summed E-state index contributed by atoms with van der Waals surface area (Å²) in [7, 11) is 0. The van der Waals surface area contributed by atoms with Gasteiger partial charge in [-0.3, -0.25) is 0 Å². The minimum atomic E-state index is -5.75. The van der Waals surface area contributed by atoms with Gasteiger partial charge in [-0.15, -0.1) is 0 Å². The van der Waals surface area contributed by atoms with E-state index in [2.05, 4.69) is 0 Å². The van der Waals surface area contributed by atoms with E-state index >= 15 is 0 Å². The molecule has 0 rings (SSSR count). The van der Waals surface area contributed by atoms with Crippen molar-refractivity contribution in [1.82, 2.24) is 0 Å². The molecule has 0 aromatic carbocycles. The van der Waals surface area contributed by atoms with Gasteiger partial charge in [0, 0.05) is 0 Å². The molecule has 0 aliphatic carbocycles. The minimum absolute atomic E-state index is 0. The number of hydrogen-bond donors (Lipinski definition) is 0. The summed E-state index contributed by atoms with van der Waals surface area (Å²) in [5.74, 6) is 0. The zero-order chi connectivity index (χ0) is 4.50. The largest absolute Gasteiger partial charge is 2.00 e. The van der Waals surface area contributed by atoms with Crippen LogP contribution in [-0.4, -0.2) is 13.4 Å². The van der Waals surface area contributed by atoms with Crippen LogP contribution in [0.1, 0.15) is 0 Å². The van der Waals surface area contributed by atoms with Crippen molar-refractivity contribution in [2.75, 3.05) is 0 Å². The number of rotatable bonds is 0. The zero-order valence-electron chi connectivity index (χ0n) is 2.37. The van der Waals surface area contributed by atoms with E-state index in [4.69, 9.17) is 16.0 Å². The van der Waals surface area contributed by atoms with E-state index in [0.717, 1.165) is 0 Å². The zero-order valence-corrected chi connectivity index (χ0v) is 5.13. The van der Waals surface area contributed by atoms with E-state index < -0.39 is 13.4 Å². The predicted octanol–water partition coefficient (Wildman–Crippen LogP) is -3.00. The average molecular weight is 202 g/mol. The third kappa shape index (κ3) is 192. The summed E-state index contributed by atoms with van der Waals surface area (Å²) in [6.07, 6.45) is 0. The minimum Gasteiger partial charge on any atom is 2.00 e. The van der Waals surface area contributed by atoms with E-state index in [-0.39, 0.29) is 16.8 Å². The summed E-state index contributed by atoms with van der Waals surface area (Å²) < 4.78 is 34.4. The second-order valence-corrected chi connectivity index (χ2v) is 2.12. The fourth-order valence-electron chi connectivity index (χ4n) is 0. The molecule has 0 bridgehead atoms. The maximum Gasteiger partial charge on any atom is 2.00 e. The molecule has 0 fully saturated rings. The Bertz CT molecular complexity index is 90.7. The third-order valence-corrected chi connectivity index (χ3v) is 0. The van der Waals surface area contributed by atoms with Crippen molar-refractivity contribution in [2.45, 2.75) is 0 Å². The summed E-state index contributed by atoms with van der Waals surface area (Å²) in [5, 5.41) is 0. The van der Waals surface area contributed by atoms with Crippen LogP contribution in [0.2, 0.25) is 0 Å². The Morgan fingerprint density at radius 1 is 1.17 bits per heavy atom. The van der Waals surface area contributed by atoms with Crippen molar-refractivity contribution < 1.29 is 32.8 Å². The first kappa shape index (κ1) is 9.74. The molecule has 0 unspecified atom stereocenters. The van der Waals surface area contributed by atoms with Gasteiger partial charge in [-0.1, -0.05) is 0 Å². The van der Waals surface area contributed by atoms with Gasteiger partial charge in [-0.2, -0.15) is 0 Å². The van der Waals surface area contributed by atoms with Gasteiger partial charge >= 0.3 is 46.2 Å². The summed E-state index contributed by atoms with van der Waals surface area (Å²) in [5.41, 5.74) is 0. The monoisotopic (exact) mass is 203 g/mol. The van der Waals surface area contributed by atoms with E-state index in [1.54, 1.807) is 0 Å². The predicted molar refractivity (Wildman–Crippen MR) is 7.13 cm³/mol. The molecular weight excluding hydrogens is 202 g/mol. The third-order valence-electron chi connectivity index (χ3n) is 0. The van der Waals surface area contributed by atoms with Crippen molar-refractivity contribution in [3.8, 4) is 0 Å². The van der Waals surface area contributed by atoms with Gasteiger partial charge in [-0.25, -0.2) is 0 Å². The van der Waals surface area contributed by atoms with Crippen molar-refractivity contribution in [3.63, 3.8) is 0 Å². The Morgan fingerprint density at radius 3 is 1.17 bits per heavy atom. The number of hydrogen-bond acceptors (Lipinski definition) is 4. The standard InChI is InChI=1S/Co.H2O4Se/c;1-5(2,3)4/h;(H2,1,2,3,4)/q+2;/p-2. The molecule has 0 saturated carbocycles. The van der Waals surface area contributed by atoms with Gasteiger partial charge in [0.1, 0.15) is 0 Å². The average Bonchev–Trinajstić information content (AvgIpc) is 0.722. The molecule has 0 heterocycles. The molecule has 6 heavy (non-hydrogen) atoms. The molecular formula is CoO4Se. The van der Waals surface area contributed by atoms with Crippen molar-refractivity contribution in [1.29, 1.82) is 0 Å². The Hall–Kier alpha value is 0.546. The summed E-state index contributed by atoms with van der Waals surface area (Å²) in [6.45, 7) is 0. The van der Waals surface area contributed by atoms with E-state index in [0.29, 0.717) is 0 Å². The van der Waals surface area contributed by atoms with Gasteiger partial charge in [-0.05, 0) is 0 Å². The maximum atomic E-state index is 8.59. The van der Waals surface area contributed by atoms with Crippen LogP contribution in [0.25, 0.3) is 0 Å². The quantitative estimate of drug-likeness (QED) is 0.392. The van der Waals surface area contributed by atoms with Crippen LogP contribution in [-0.2, 0) is 24.4 Å². The fraction of sp³-hybridized carbons (Fsp3) is 0. The van der Waals surface area contributed by atoms with Crippen LogP contribution < -0.4 is 8.38 Å². The first-order valence-electron chi connectivity index (χ1n) is 0.667. The first-order valence-corrected chi connectivity index (χ1v) is 3.46. The Kier molecular flexibility index (Phi) is 4.34. The van der Waals surface area contributed by atoms with E-state index in [1.165, 1.54) is 0 Å². The summed E-state index contributed by atoms with van der Waals surface area (Å²) >= 11 is -5.75. The van der Waals surface area contributed by atoms with Gasteiger partial charge in [0.05, 0.1) is 0 Å². The Morgan fingerprint density at radius 2 is 1.17 bits per heavy atom. The molecule has 0 spiro atoms. The molecule has 0 aromatic rings. The molecule has 39 valence electrons. The molecule has 4 nitrogen and oxygen atoms in total. The second-order valence-electron chi connectivity index (χ2n) is 0.408. The van der Waals surface area contributed by atoms with Crippen molar-refractivity contribution in [2.24, 2.45) is 0 Å². The van der Waals surface area contributed by atoms with E-state index in [1.807, 2.05) is 0 Å². The molecule has 0 N–H and O–H groups in total. The smallest absolute Gasteiger partial charge is 2.00 e. The van der Waals surface area contributed by atoms with Gasteiger partial charge in [0.25, 0.3) is 0 Å². The normalized spacial score (nSPS) is 9.67. The molecule has 0 saturated heterocycles. The SMILES string of the molecule is O=[Se](=O)([O-])[O-].[Co+2]. The molecule has 1 radical (unpaired) electrons. The molecule has 0 aliphatic heterocycles. The van der Waals surface area contributed by atoms with Crippen LogP contribution in [0, 0.1) is 0 Å². The second kappa shape index (κ2) is 2.67. The van der Waals surface area contributed by atoms with Gasteiger partial charge in [0.2, 0.25) is 0 Å². The molecule has 0 atom stereocenters. The Labute approximate surface area is 46.6 Å². The summed E-state index contributed by atoms with van der Waals surface area (Å²) in [6, 6.07) is 0. The van der Waals surface area contributed by atoms with Crippen LogP contribution in [0.3, 0.4) is 0 Å². The summed E-state index contributed by atoms with van der Waals surface area (Å²) in [4.78, 5) is 0. The van der Waals surface area contributed by atoms with E-state index in [9.17, 15) is 0 Å². The van der Waals surface area contributed by atoms with Crippen LogP contribution in [0.5, 0.6) is 0 Å². The maximum absolute atomic E-state index is 8.59. The van der Waals surface area contributed by atoms with Crippen molar-refractivity contribution in [3.05, 3.63) is 0 Å². The topological polar surface area (TPSA) is 80.3 Å². The molecule has 0 aromatic heterocycles. The van der Waals surface area contributed by atoms with Crippen molar-refractivity contribution >= 4 is 13.4 Å². The first-order chi connectivity index (χ1) is 2.00. The molecule has 0 aliphatic rings. The Balaban J connectivity index is 0. The van der Waals surface area contributed by atoms with Crippen LogP contribution >= 0.6 is 0 Å². The van der Waals surface area contributed by atoms with Gasteiger partial charge < -0.3 is 0 Å². The molecule has 6 heteroatoms. The molecule has 0 amide bonds. The van der Waals surface area contributed by atoms with Crippen LogP contribution in [0.4, 0.5) is 0 Å². The van der Waals surface area contributed by atoms with Gasteiger partial charge in [0.15, 0.2) is 0 Å². The fourth-order valence-corrected chi connectivity index (χ4v) is 0. The van der Waals surface area contributed by atoms with Crippen LogP contribution in [0.15, 0.2) is 0 Å².